The average Bonchev–Trinajstić information content (AvgIpc) is 3.01. The highest BCUT2D eigenvalue weighted by atomic mass is 16.5. The summed E-state index contributed by atoms with van der Waals surface area (Å²) in [5.74, 6) is 1.68. The number of nitrogens with one attached hydrogen (secondary N) is 1. The Kier molecular flexibility index (Phi) is 5.69. The number of carbonyl (C=O) groups is 2. The van der Waals surface area contributed by atoms with E-state index in [0.717, 1.165) is 30.6 Å². The molecule has 1 fully saturated rings. The van der Waals surface area contributed by atoms with E-state index in [0.29, 0.717) is 44.7 Å². The monoisotopic (exact) mass is 360 g/mol. The predicted octanol–water partition coefficient (Wildman–Crippen LogP) is 2.65. The molecule has 1 aromatic carbocycles. The average molecular weight is 360 g/mol. The van der Waals surface area contributed by atoms with Gasteiger partial charge in [-0.2, -0.15) is 0 Å². The van der Waals surface area contributed by atoms with Gasteiger partial charge in [0, 0.05) is 37.0 Å². The van der Waals surface area contributed by atoms with Crippen molar-refractivity contribution in [2.45, 2.75) is 57.5 Å². The van der Waals surface area contributed by atoms with Crippen LogP contribution in [0, 0.1) is 0 Å². The molecule has 0 aliphatic carbocycles. The molecule has 1 atom stereocenters. The molecular weight excluding hydrogens is 332 g/mol. The normalized spacial score (nSPS) is 22.7. The Labute approximate surface area is 154 Å². The Morgan fingerprint density at radius 1 is 1.42 bits per heavy atom. The summed E-state index contributed by atoms with van der Waals surface area (Å²) in [7, 11) is 1.63. The number of rotatable bonds is 5. The smallest absolute Gasteiger partial charge is 0.222 e. The van der Waals surface area contributed by atoms with Crippen molar-refractivity contribution in [2.75, 3.05) is 20.3 Å². The van der Waals surface area contributed by atoms with Crippen LogP contribution in [0.1, 0.15) is 51.0 Å². The molecule has 2 aliphatic rings. The summed E-state index contributed by atoms with van der Waals surface area (Å²) in [4.78, 5) is 26.4. The van der Waals surface area contributed by atoms with Gasteiger partial charge in [-0.15, -0.1) is 0 Å². The van der Waals surface area contributed by atoms with Crippen molar-refractivity contribution in [3.8, 4) is 11.5 Å². The lowest BCUT2D eigenvalue weighted by Crippen LogP contribution is -2.42. The summed E-state index contributed by atoms with van der Waals surface area (Å²) in [6, 6.07) is 5.78. The zero-order valence-electron chi connectivity index (χ0n) is 15.7. The number of benzene rings is 1. The highest BCUT2D eigenvalue weighted by Gasteiger charge is 2.36. The fraction of sp³-hybridized carbons (Fsp3) is 0.600. The third-order valence-electron chi connectivity index (χ3n) is 5.54. The van der Waals surface area contributed by atoms with Gasteiger partial charge in [0.05, 0.1) is 13.7 Å². The van der Waals surface area contributed by atoms with Crippen molar-refractivity contribution in [2.24, 2.45) is 0 Å². The number of ether oxygens (including phenoxy) is 2. The molecule has 0 radical (unpaired) electrons. The first kappa shape index (κ1) is 18.5. The summed E-state index contributed by atoms with van der Waals surface area (Å²) in [6.45, 7) is 3.84. The second-order valence-corrected chi connectivity index (χ2v) is 7.15. The van der Waals surface area contributed by atoms with Gasteiger partial charge in [-0.3, -0.25) is 9.59 Å². The van der Waals surface area contributed by atoms with Gasteiger partial charge in [0.15, 0.2) is 11.5 Å². The molecule has 2 amide bonds. The Balaban J connectivity index is 1.68. The Bertz CT molecular complexity index is 676. The highest BCUT2D eigenvalue weighted by molar-refractivity contribution is 5.80. The minimum atomic E-state index is -0.209. The number of methoxy groups -OCH3 is 1. The van der Waals surface area contributed by atoms with Crippen LogP contribution in [0.25, 0.3) is 0 Å². The van der Waals surface area contributed by atoms with Gasteiger partial charge in [-0.05, 0) is 31.7 Å². The number of para-hydroxylation sites is 1. The molecule has 3 rings (SSSR count). The molecule has 2 heterocycles. The largest absolute Gasteiger partial charge is 0.493 e. The molecule has 142 valence electrons. The van der Waals surface area contributed by atoms with Gasteiger partial charge < -0.3 is 19.7 Å². The molecule has 1 saturated heterocycles. The topological polar surface area (TPSA) is 67.9 Å². The Morgan fingerprint density at radius 2 is 2.27 bits per heavy atom. The van der Waals surface area contributed by atoms with Crippen molar-refractivity contribution in [1.29, 1.82) is 0 Å². The first-order chi connectivity index (χ1) is 12.6. The molecule has 0 bridgehead atoms. The third-order valence-corrected chi connectivity index (χ3v) is 5.54. The Hall–Kier alpha value is -2.24. The maximum Gasteiger partial charge on any atom is 0.222 e. The maximum atomic E-state index is 12.9. The van der Waals surface area contributed by atoms with E-state index in [1.807, 2.05) is 23.1 Å². The number of fused-ring (bicyclic) bond motifs is 1. The van der Waals surface area contributed by atoms with Gasteiger partial charge >= 0.3 is 0 Å². The van der Waals surface area contributed by atoms with Crippen molar-refractivity contribution in [3.05, 3.63) is 23.8 Å². The third kappa shape index (κ3) is 3.94. The van der Waals surface area contributed by atoms with Crippen LogP contribution in [0.4, 0.5) is 0 Å². The van der Waals surface area contributed by atoms with Crippen LogP contribution < -0.4 is 14.8 Å². The number of nitrogens with zero attached hydrogens (tertiary/aromatic N) is 1. The van der Waals surface area contributed by atoms with E-state index in [1.165, 1.54) is 0 Å². The summed E-state index contributed by atoms with van der Waals surface area (Å²) < 4.78 is 11.2. The first-order valence-corrected chi connectivity index (χ1v) is 9.44. The predicted molar refractivity (Wildman–Crippen MR) is 98.2 cm³/mol. The second-order valence-electron chi connectivity index (χ2n) is 7.15. The second kappa shape index (κ2) is 7.98. The number of amides is 2. The summed E-state index contributed by atoms with van der Waals surface area (Å²) in [5.41, 5.74) is 0.761. The van der Waals surface area contributed by atoms with Gasteiger partial charge in [0.25, 0.3) is 0 Å². The molecule has 6 heteroatoms. The molecule has 6 nitrogen and oxygen atoms in total. The van der Waals surface area contributed by atoms with Gasteiger partial charge in [-0.1, -0.05) is 19.1 Å². The lowest BCUT2D eigenvalue weighted by molar-refractivity contribution is -0.132. The molecule has 0 aromatic heterocycles. The van der Waals surface area contributed by atoms with Crippen LogP contribution in [0.2, 0.25) is 0 Å². The first-order valence-electron chi connectivity index (χ1n) is 9.44. The van der Waals surface area contributed by atoms with Crippen LogP contribution in [0.15, 0.2) is 18.2 Å². The van der Waals surface area contributed by atoms with Gasteiger partial charge in [-0.25, -0.2) is 0 Å². The van der Waals surface area contributed by atoms with E-state index in [9.17, 15) is 9.59 Å². The van der Waals surface area contributed by atoms with Crippen LogP contribution in [0.5, 0.6) is 11.5 Å². The molecule has 1 aromatic rings. The molecule has 2 aliphatic heterocycles. The molecule has 0 spiro atoms. The zero-order valence-corrected chi connectivity index (χ0v) is 15.7. The fourth-order valence-corrected chi connectivity index (χ4v) is 3.84. The lowest BCUT2D eigenvalue weighted by atomic mass is 9.88. The molecule has 26 heavy (non-hydrogen) atoms. The molecule has 1 unspecified atom stereocenters. The summed E-state index contributed by atoms with van der Waals surface area (Å²) in [5, 5.41) is 3.08. The van der Waals surface area contributed by atoms with E-state index in [2.05, 4.69) is 12.2 Å². The van der Waals surface area contributed by atoms with Crippen LogP contribution >= 0.6 is 0 Å². The summed E-state index contributed by atoms with van der Waals surface area (Å²) in [6.07, 6.45) is 4.19. The van der Waals surface area contributed by atoms with Crippen molar-refractivity contribution in [1.82, 2.24) is 10.2 Å². The minimum Gasteiger partial charge on any atom is -0.493 e. The highest BCUT2D eigenvalue weighted by Crippen LogP contribution is 2.34. The van der Waals surface area contributed by atoms with Crippen LogP contribution in [-0.4, -0.2) is 42.5 Å². The Morgan fingerprint density at radius 3 is 2.96 bits per heavy atom. The maximum absolute atomic E-state index is 12.9. The van der Waals surface area contributed by atoms with Gasteiger partial charge in [0.1, 0.15) is 0 Å². The standard InChI is InChI=1S/C20H28N2O4/c1-3-20(10-8-17(23)21-20)11-9-18(24)22-12-5-13-26-19-15(14-22)6-4-7-16(19)25-2/h4,6-7H,3,5,8-14H2,1-2H3,(H,21,23). The lowest BCUT2D eigenvalue weighted by Gasteiger charge is -2.30. The number of hydrogen-bond donors (Lipinski definition) is 1. The molecule has 1 N–H and O–H groups in total. The fourth-order valence-electron chi connectivity index (χ4n) is 3.84. The van der Waals surface area contributed by atoms with Crippen LogP contribution in [-0.2, 0) is 16.1 Å². The van der Waals surface area contributed by atoms with Crippen molar-refractivity contribution < 1.29 is 19.1 Å². The van der Waals surface area contributed by atoms with E-state index in [4.69, 9.17) is 9.47 Å². The van der Waals surface area contributed by atoms with Crippen molar-refractivity contribution >= 4 is 11.8 Å². The van der Waals surface area contributed by atoms with E-state index in [-0.39, 0.29) is 17.4 Å². The minimum absolute atomic E-state index is 0.101. The molecule has 0 saturated carbocycles. The van der Waals surface area contributed by atoms with E-state index < -0.39 is 0 Å². The number of carbonyl (C=O) groups excluding carboxylic acids is 2. The number of hydrogen-bond acceptors (Lipinski definition) is 4. The quantitative estimate of drug-likeness (QED) is 0.877. The molecular formula is C20H28N2O4. The SMILES string of the molecule is CCC1(CCC(=O)N2CCCOc3c(cccc3OC)C2)CCC(=O)N1. The zero-order chi connectivity index (χ0) is 18.6. The van der Waals surface area contributed by atoms with E-state index >= 15 is 0 Å². The van der Waals surface area contributed by atoms with Crippen LogP contribution in [0.3, 0.4) is 0 Å². The van der Waals surface area contributed by atoms with Crippen molar-refractivity contribution in [3.63, 3.8) is 0 Å². The van der Waals surface area contributed by atoms with Gasteiger partial charge in [0.2, 0.25) is 11.8 Å². The summed E-state index contributed by atoms with van der Waals surface area (Å²) >= 11 is 0. The van der Waals surface area contributed by atoms with E-state index in [1.54, 1.807) is 7.11 Å².